The summed E-state index contributed by atoms with van der Waals surface area (Å²) in [5.41, 5.74) is 1.41. The van der Waals surface area contributed by atoms with Crippen molar-refractivity contribution >= 4 is 11.9 Å². The highest BCUT2D eigenvalue weighted by Gasteiger charge is 2.22. The summed E-state index contributed by atoms with van der Waals surface area (Å²) in [6.07, 6.45) is 7.72. The normalized spacial score (nSPS) is 14.4. The second-order valence-corrected chi connectivity index (χ2v) is 11.3. The van der Waals surface area contributed by atoms with Crippen molar-refractivity contribution in [2.45, 2.75) is 70.6 Å². The van der Waals surface area contributed by atoms with Gasteiger partial charge in [0.1, 0.15) is 11.4 Å². The number of nitrogens with zero attached hydrogens (tertiary/aromatic N) is 4. The summed E-state index contributed by atoms with van der Waals surface area (Å²) in [4.78, 5) is 35.7. The number of ether oxygens (including phenoxy) is 3. The quantitative estimate of drug-likeness (QED) is 0.144. The SMILES string of the molecule is CCCCC(c1cccc(C(=O)O)n1)N(CCO)CCOCCOCCN(CCOC1CCCC1)Cc1cccc(C(=O)O)n1. The molecular weight excluding hydrogens is 580 g/mol. The lowest BCUT2D eigenvalue weighted by Gasteiger charge is -2.31. The third-order valence-electron chi connectivity index (χ3n) is 7.91. The van der Waals surface area contributed by atoms with E-state index >= 15 is 0 Å². The third kappa shape index (κ3) is 13.5. The molecule has 2 aromatic heterocycles. The first kappa shape index (κ1) is 36.5. The maximum atomic E-state index is 11.5. The van der Waals surface area contributed by atoms with Crippen molar-refractivity contribution in [3.05, 3.63) is 59.2 Å². The Labute approximate surface area is 266 Å². The second kappa shape index (κ2) is 20.9. The van der Waals surface area contributed by atoms with E-state index in [0.717, 1.165) is 32.1 Å². The summed E-state index contributed by atoms with van der Waals surface area (Å²) in [6.45, 7) is 7.24. The van der Waals surface area contributed by atoms with Crippen LogP contribution in [0.5, 0.6) is 0 Å². The van der Waals surface area contributed by atoms with E-state index in [9.17, 15) is 24.9 Å². The number of carboxylic acids is 2. The Morgan fingerprint density at radius 3 is 2.18 bits per heavy atom. The lowest BCUT2D eigenvalue weighted by molar-refractivity contribution is 0.0135. The lowest BCUT2D eigenvalue weighted by atomic mass is 10.0. The van der Waals surface area contributed by atoms with E-state index in [1.165, 1.54) is 25.0 Å². The molecule has 2 heterocycles. The molecule has 45 heavy (non-hydrogen) atoms. The molecule has 0 saturated heterocycles. The second-order valence-electron chi connectivity index (χ2n) is 11.3. The van der Waals surface area contributed by atoms with E-state index in [0.29, 0.717) is 83.3 Å². The van der Waals surface area contributed by atoms with Crippen LogP contribution in [0.4, 0.5) is 0 Å². The molecule has 2 aromatic rings. The lowest BCUT2D eigenvalue weighted by Crippen LogP contribution is -2.35. The van der Waals surface area contributed by atoms with Crippen LogP contribution in [0, 0.1) is 0 Å². The van der Waals surface area contributed by atoms with Crippen LogP contribution < -0.4 is 0 Å². The first-order valence-corrected chi connectivity index (χ1v) is 16.1. The smallest absolute Gasteiger partial charge is 0.354 e. The Kier molecular flexibility index (Phi) is 17.0. The summed E-state index contributed by atoms with van der Waals surface area (Å²) in [7, 11) is 0. The Balaban J connectivity index is 1.43. The zero-order valence-corrected chi connectivity index (χ0v) is 26.5. The largest absolute Gasteiger partial charge is 0.477 e. The minimum absolute atomic E-state index is 0.0105. The Morgan fingerprint density at radius 1 is 0.867 bits per heavy atom. The predicted octanol–water partition coefficient (Wildman–Crippen LogP) is 3.89. The average molecular weight is 631 g/mol. The van der Waals surface area contributed by atoms with Gasteiger partial charge in [-0.1, -0.05) is 44.7 Å². The highest BCUT2D eigenvalue weighted by atomic mass is 16.5. The summed E-state index contributed by atoms with van der Waals surface area (Å²) in [5, 5.41) is 28.4. The van der Waals surface area contributed by atoms with Crippen LogP contribution in [-0.4, -0.2) is 119 Å². The molecule has 3 rings (SSSR count). The van der Waals surface area contributed by atoms with Crippen molar-refractivity contribution in [1.82, 2.24) is 19.8 Å². The molecule has 1 fully saturated rings. The molecule has 1 saturated carbocycles. The molecule has 250 valence electrons. The van der Waals surface area contributed by atoms with Crippen LogP contribution in [0.1, 0.15) is 90.3 Å². The van der Waals surface area contributed by atoms with Gasteiger partial charge < -0.3 is 29.5 Å². The van der Waals surface area contributed by atoms with Gasteiger partial charge in [0.05, 0.1) is 63.2 Å². The number of hydrogen-bond donors (Lipinski definition) is 3. The van der Waals surface area contributed by atoms with E-state index < -0.39 is 11.9 Å². The summed E-state index contributed by atoms with van der Waals surface area (Å²) in [5.74, 6) is -2.11. The molecule has 1 atom stereocenters. The van der Waals surface area contributed by atoms with Gasteiger partial charge in [-0.3, -0.25) is 9.80 Å². The topological polar surface area (TPSA) is 155 Å². The Morgan fingerprint density at radius 2 is 1.51 bits per heavy atom. The Bertz CT molecular complexity index is 1150. The molecule has 12 nitrogen and oxygen atoms in total. The monoisotopic (exact) mass is 630 g/mol. The highest BCUT2D eigenvalue weighted by Crippen LogP contribution is 2.25. The molecule has 1 unspecified atom stereocenters. The van der Waals surface area contributed by atoms with Gasteiger partial charge in [-0.2, -0.15) is 0 Å². The van der Waals surface area contributed by atoms with Crippen LogP contribution in [0.25, 0.3) is 0 Å². The van der Waals surface area contributed by atoms with Crippen LogP contribution in [0.2, 0.25) is 0 Å². The first-order valence-electron chi connectivity index (χ1n) is 16.1. The number of aliphatic hydroxyl groups excluding tert-OH is 1. The van der Waals surface area contributed by atoms with Crippen molar-refractivity contribution in [3.63, 3.8) is 0 Å². The molecule has 12 heteroatoms. The molecule has 0 radical (unpaired) electrons. The third-order valence-corrected chi connectivity index (χ3v) is 7.91. The van der Waals surface area contributed by atoms with E-state index in [-0.39, 0.29) is 24.0 Å². The Hall–Kier alpha value is -3.00. The number of pyridine rings is 2. The fraction of sp³-hybridized carbons (Fsp3) is 0.636. The first-order chi connectivity index (χ1) is 21.9. The van der Waals surface area contributed by atoms with E-state index in [1.54, 1.807) is 12.1 Å². The number of hydrogen-bond acceptors (Lipinski definition) is 10. The maximum Gasteiger partial charge on any atom is 0.354 e. The van der Waals surface area contributed by atoms with Gasteiger partial charge in [-0.05, 0) is 43.5 Å². The van der Waals surface area contributed by atoms with Gasteiger partial charge >= 0.3 is 11.9 Å². The van der Waals surface area contributed by atoms with Gasteiger partial charge in [-0.15, -0.1) is 0 Å². The van der Waals surface area contributed by atoms with E-state index in [2.05, 4.69) is 26.7 Å². The zero-order chi connectivity index (χ0) is 32.3. The van der Waals surface area contributed by atoms with Crippen LogP contribution in [0.15, 0.2) is 36.4 Å². The van der Waals surface area contributed by atoms with Crippen LogP contribution >= 0.6 is 0 Å². The molecule has 0 aromatic carbocycles. The van der Waals surface area contributed by atoms with Crippen molar-refractivity contribution in [1.29, 1.82) is 0 Å². The number of aliphatic hydroxyl groups is 1. The molecule has 3 N–H and O–H groups in total. The van der Waals surface area contributed by atoms with Crippen molar-refractivity contribution < 1.29 is 39.1 Å². The maximum absolute atomic E-state index is 11.5. The number of carbonyl (C=O) groups is 2. The van der Waals surface area contributed by atoms with E-state index in [1.807, 2.05) is 12.1 Å². The molecular formula is C33H50N4O8. The molecule has 0 aliphatic heterocycles. The summed E-state index contributed by atoms with van der Waals surface area (Å²) < 4.78 is 17.8. The number of aromatic carboxylic acids is 2. The van der Waals surface area contributed by atoms with Crippen LogP contribution in [0.3, 0.4) is 0 Å². The predicted molar refractivity (Wildman–Crippen MR) is 168 cm³/mol. The van der Waals surface area contributed by atoms with Gasteiger partial charge in [0.2, 0.25) is 0 Å². The molecule has 0 bridgehead atoms. The molecule has 1 aliphatic rings. The number of carboxylic acid groups (broad SMARTS) is 2. The summed E-state index contributed by atoms with van der Waals surface area (Å²) in [6, 6.07) is 9.95. The van der Waals surface area contributed by atoms with Crippen LogP contribution in [-0.2, 0) is 20.8 Å². The van der Waals surface area contributed by atoms with Gasteiger partial charge in [-0.25, -0.2) is 19.6 Å². The van der Waals surface area contributed by atoms with E-state index in [4.69, 9.17) is 14.2 Å². The number of unbranched alkanes of at least 4 members (excludes halogenated alkanes) is 1. The minimum atomic E-state index is -1.06. The molecule has 1 aliphatic carbocycles. The number of aromatic nitrogens is 2. The van der Waals surface area contributed by atoms with Gasteiger partial charge in [0.25, 0.3) is 0 Å². The zero-order valence-electron chi connectivity index (χ0n) is 26.5. The fourth-order valence-corrected chi connectivity index (χ4v) is 5.51. The summed E-state index contributed by atoms with van der Waals surface area (Å²) >= 11 is 0. The van der Waals surface area contributed by atoms with Gasteiger partial charge in [0, 0.05) is 32.7 Å². The molecule has 0 spiro atoms. The van der Waals surface area contributed by atoms with Crippen molar-refractivity contribution in [2.24, 2.45) is 0 Å². The van der Waals surface area contributed by atoms with Gasteiger partial charge in [0.15, 0.2) is 0 Å². The number of rotatable bonds is 24. The molecule has 0 amide bonds. The van der Waals surface area contributed by atoms with Crippen molar-refractivity contribution in [3.8, 4) is 0 Å². The minimum Gasteiger partial charge on any atom is -0.477 e. The fourth-order valence-electron chi connectivity index (χ4n) is 5.51. The highest BCUT2D eigenvalue weighted by molar-refractivity contribution is 5.85. The standard InChI is InChI=1S/C33H50N4O8/c1-2-3-14-31(28-11-7-13-30(35-28)33(41)42)37(15-19-38)18-21-44-24-23-43-20-16-36(17-22-45-27-9-4-5-10-27)25-26-8-6-12-29(34-26)32(39)40/h6-8,11-13,27,31,38H,2-5,9-10,14-25H2,1H3,(H,39,40)(H,41,42). The van der Waals surface area contributed by atoms with Crippen molar-refractivity contribution in [2.75, 3.05) is 65.8 Å². The average Bonchev–Trinajstić information content (AvgIpc) is 3.56.